The first-order chi connectivity index (χ1) is 7.96. The lowest BCUT2D eigenvalue weighted by Gasteiger charge is -2.18. The molecule has 2 rings (SSSR count). The Morgan fingerprint density at radius 2 is 2.06 bits per heavy atom. The lowest BCUT2D eigenvalue weighted by Crippen LogP contribution is -2.17. The number of anilines is 1. The molecule has 1 heterocycles. The summed E-state index contributed by atoms with van der Waals surface area (Å²) in [4.78, 5) is 0. The second-order valence-corrected chi connectivity index (χ2v) is 5.35. The summed E-state index contributed by atoms with van der Waals surface area (Å²) in [7, 11) is 0. The standard InChI is InChI=1S/C12H17N5/c1-12(2,3)8-17-11(14-15-16-17)9-5-4-6-10(13)7-9/h4-7H,8,13H2,1-3H3. The highest BCUT2D eigenvalue weighted by Crippen LogP contribution is 2.22. The lowest BCUT2D eigenvalue weighted by atomic mass is 9.97. The molecule has 2 N–H and O–H groups in total. The fourth-order valence-electron chi connectivity index (χ4n) is 1.64. The minimum Gasteiger partial charge on any atom is -0.399 e. The maximum atomic E-state index is 5.76. The first kappa shape index (κ1) is 11.6. The molecule has 1 aromatic carbocycles. The normalized spacial score (nSPS) is 11.7. The van der Waals surface area contributed by atoms with Crippen molar-refractivity contribution >= 4 is 5.69 Å². The van der Waals surface area contributed by atoms with Gasteiger partial charge in [-0.25, -0.2) is 4.68 Å². The smallest absolute Gasteiger partial charge is 0.182 e. The van der Waals surface area contributed by atoms with Crippen LogP contribution >= 0.6 is 0 Å². The molecule has 0 spiro atoms. The zero-order valence-corrected chi connectivity index (χ0v) is 10.4. The lowest BCUT2D eigenvalue weighted by molar-refractivity contribution is 0.323. The van der Waals surface area contributed by atoms with E-state index >= 15 is 0 Å². The van der Waals surface area contributed by atoms with Gasteiger partial charge in [-0.15, -0.1) is 5.10 Å². The molecule has 17 heavy (non-hydrogen) atoms. The Morgan fingerprint density at radius 1 is 1.29 bits per heavy atom. The molecular weight excluding hydrogens is 214 g/mol. The Hall–Kier alpha value is -1.91. The minimum atomic E-state index is 0.129. The van der Waals surface area contributed by atoms with Gasteiger partial charge < -0.3 is 5.73 Å². The maximum Gasteiger partial charge on any atom is 0.182 e. The van der Waals surface area contributed by atoms with Gasteiger partial charge in [0.15, 0.2) is 5.82 Å². The topological polar surface area (TPSA) is 69.6 Å². The van der Waals surface area contributed by atoms with E-state index < -0.39 is 0 Å². The predicted molar refractivity (Wildman–Crippen MR) is 67.1 cm³/mol. The summed E-state index contributed by atoms with van der Waals surface area (Å²) < 4.78 is 1.81. The van der Waals surface area contributed by atoms with Crippen molar-refractivity contribution in [3.63, 3.8) is 0 Å². The molecule has 0 amide bonds. The van der Waals surface area contributed by atoms with E-state index in [1.807, 2.05) is 28.9 Å². The summed E-state index contributed by atoms with van der Waals surface area (Å²) in [5, 5.41) is 11.8. The van der Waals surface area contributed by atoms with Crippen molar-refractivity contribution in [3.8, 4) is 11.4 Å². The van der Waals surface area contributed by atoms with Gasteiger partial charge in [-0.2, -0.15) is 0 Å². The Labute approximate surface area is 101 Å². The van der Waals surface area contributed by atoms with Crippen LogP contribution in [0.4, 0.5) is 5.69 Å². The van der Waals surface area contributed by atoms with Crippen molar-refractivity contribution in [2.75, 3.05) is 5.73 Å². The number of nitrogens with zero attached hydrogens (tertiary/aromatic N) is 4. The molecule has 90 valence electrons. The van der Waals surface area contributed by atoms with Crippen molar-refractivity contribution in [3.05, 3.63) is 24.3 Å². The first-order valence-corrected chi connectivity index (χ1v) is 5.58. The molecule has 0 aliphatic rings. The van der Waals surface area contributed by atoms with Gasteiger partial charge in [0.25, 0.3) is 0 Å². The van der Waals surface area contributed by atoms with Crippen LogP contribution in [0.25, 0.3) is 11.4 Å². The van der Waals surface area contributed by atoms with E-state index in [1.165, 1.54) is 0 Å². The van der Waals surface area contributed by atoms with Gasteiger partial charge in [-0.05, 0) is 28.0 Å². The van der Waals surface area contributed by atoms with Gasteiger partial charge in [-0.1, -0.05) is 32.9 Å². The van der Waals surface area contributed by atoms with E-state index in [9.17, 15) is 0 Å². The Kier molecular flexibility index (Phi) is 2.83. The number of nitrogen functional groups attached to an aromatic ring is 1. The largest absolute Gasteiger partial charge is 0.399 e. The molecule has 0 saturated heterocycles. The number of hydrogen-bond donors (Lipinski definition) is 1. The summed E-state index contributed by atoms with van der Waals surface area (Å²) in [6.07, 6.45) is 0. The SMILES string of the molecule is CC(C)(C)Cn1nnnc1-c1cccc(N)c1. The van der Waals surface area contributed by atoms with Crippen LogP contribution in [0.5, 0.6) is 0 Å². The molecule has 0 aliphatic heterocycles. The van der Waals surface area contributed by atoms with Crippen LogP contribution in [0.3, 0.4) is 0 Å². The average molecular weight is 231 g/mol. The molecule has 2 aromatic rings. The number of hydrogen-bond acceptors (Lipinski definition) is 4. The Morgan fingerprint density at radius 3 is 2.71 bits per heavy atom. The van der Waals surface area contributed by atoms with Crippen LogP contribution < -0.4 is 5.73 Å². The van der Waals surface area contributed by atoms with Crippen molar-refractivity contribution in [1.29, 1.82) is 0 Å². The maximum absolute atomic E-state index is 5.76. The number of rotatable bonds is 2. The molecular formula is C12H17N5. The van der Waals surface area contributed by atoms with Gasteiger partial charge in [0, 0.05) is 17.8 Å². The van der Waals surface area contributed by atoms with Crippen molar-refractivity contribution in [1.82, 2.24) is 20.2 Å². The van der Waals surface area contributed by atoms with Crippen LogP contribution in [0.2, 0.25) is 0 Å². The van der Waals surface area contributed by atoms with E-state index in [4.69, 9.17) is 5.73 Å². The number of tetrazole rings is 1. The van der Waals surface area contributed by atoms with E-state index in [0.29, 0.717) is 5.69 Å². The molecule has 1 aromatic heterocycles. The van der Waals surface area contributed by atoms with Crippen molar-refractivity contribution in [2.24, 2.45) is 5.41 Å². The van der Waals surface area contributed by atoms with Crippen LogP contribution in [0.15, 0.2) is 24.3 Å². The minimum absolute atomic E-state index is 0.129. The summed E-state index contributed by atoms with van der Waals surface area (Å²) >= 11 is 0. The molecule has 0 atom stereocenters. The summed E-state index contributed by atoms with van der Waals surface area (Å²) in [6, 6.07) is 7.59. The molecule has 5 nitrogen and oxygen atoms in total. The zero-order chi connectivity index (χ0) is 12.5. The summed E-state index contributed by atoms with van der Waals surface area (Å²) in [6.45, 7) is 7.22. The van der Waals surface area contributed by atoms with Crippen molar-refractivity contribution < 1.29 is 0 Å². The summed E-state index contributed by atoms with van der Waals surface area (Å²) in [5.74, 6) is 0.757. The third-order valence-electron chi connectivity index (χ3n) is 2.30. The number of benzene rings is 1. The van der Waals surface area contributed by atoms with Crippen LogP contribution in [0, 0.1) is 5.41 Å². The van der Waals surface area contributed by atoms with E-state index in [-0.39, 0.29) is 5.41 Å². The Bertz CT molecular complexity index is 510. The third-order valence-corrected chi connectivity index (χ3v) is 2.30. The third kappa shape index (κ3) is 2.81. The molecule has 5 heteroatoms. The highest BCUT2D eigenvalue weighted by Gasteiger charge is 2.16. The molecule has 0 unspecified atom stereocenters. The first-order valence-electron chi connectivity index (χ1n) is 5.58. The van der Waals surface area contributed by atoms with E-state index in [0.717, 1.165) is 17.9 Å². The monoisotopic (exact) mass is 231 g/mol. The fraction of sp³-hybridized carbons (Fsp3) is 0.417. The van der Waals surface area contributed by atoms with Gasteiger partial charge in [0.05, 0.1) is 0 Å². The van der Waals surface area contributed by atoms with Crippen molar-refractivity contribution in [2.45, 2.75) is 27.3 Å². The van der Waals surface area contributed by atoms with E-state index in [2.05, 4.69) is 36.3 Å². The van der Waals surface area contributed by atoms with E-state index in [1.54, 1.807) is 0 Å². The summed E-state index contributed by atoms with van der Waals surface area (Å²) in [5.41, 5.74) is 7.55. The molecule has 0 radical (unpaired) electrons. The zero-order valence-electron chi connectivity index (χ0n) is 10.4. The van der Waals surface area contributed by atoms with Crippen LogP contribution in [0.1, 0.15) is 20.8 Å². The van der Waals surface area contributed by atoms with Gasteiger partial charge >= 0.3 is 0 Å². The number of aromatic nitrogens is 4. The Balaban J connectivity index is 2.37. The highest BCUT2D eigenvalue weighted by atomic mass is 15.5. The van der Waals surface area contributed by atoms with Crippen LogP contribution in [-0.4, -0.2) is 20.2 Å². The number of nitrogens with two attached hydrogens (primary N) is 1. The molecule has 0 saturated carbocycles. The molecule has 0 bridgehead atoms. The van der Waals surface area contributed by atoms with Gasteiger partial charge in [-0.3, -0.25) is 0 Å². The molecule has 0 fully saturated rings. The molecule has 0 aliphatic carbocycles. The van der Waals surface area contributed by atoms with Gasteiger partial charge in [0.1, 0.15) is 0 Å². The fourth-order valence-corrected chi connectivity index (χ4v) is 1.64. The second-order valence-electron chi connectivity index (χ2n) is 5.35. The average Bonchev–Trinajstić information content (AvgIpc) is 2.63. The van der Waals surface area contributed by atoms with Crippen LogP contribution in [-0.2, 0) is 6.54 Å². The van der Waals surface area contributed by atoms with Gasteiger partial charge in [0.2, 0.25) is 0 Å². The highest BCUT2D eigenvalue weighted by molar-refractivity contribution is 5.60. The second kappa shape index (κ2) is 4.16. The predicted octanol–water partition coefficient (Wildman–Crippen LogP) is 1.97. The quantitative estimate of drug-likeness (QED) is 0.802.